The second-order valence-electron chi connectivity index (χ2n) is 4.23. The molecule has 0 aliphatic carbocycles. The Kier molecular flexibility index (Phi) is 3.89. The van der Waals surface area contributed by atoms with Gasteiger partial charge in [-0.1, -0.05) is 12.1 Å². The average Bonchev–Trinajstić information content (AvgIpc) is 2.45. The molecule has 0 radical (unpaired) electrons. The molecule has 0 atom stereocenters. The number of anilines is 1. The molecule has 2 aromatic rings. The highest BCUT2D eigenvalue weighted by Crippen LogP contribution is 2.31. The standard InChI is InChI=1S/C15H14FNO3/c1-9-4-3-5-12(14(9)16)20-13-8-10(15(18)19-2)6-7-11(13)17/h3-8H,17H2,1-2H3. The molecule has 0 fully saturated rings. The number of nitrogen functional groups attached to an aromatic ring is 1. The summed E-state index contributed by atoms with van der Waals surface area (Å²) in [5.74, 6) is -0.717. The van der Waals surface area contributed by atoms with E-state index < -0.39 is 11.8 Å². The molecule has 0 amide bonds. The summed E-state index contributed by atoms with van der Waals surface area (Å²) in [7, 11) is 1.28. The molecular formula is C15H14FNO3. The third-order valence-corrected chi connectivity index (χ3v) is 2.81. The van der Waals surface area contributed by atoms with Crippen molar-refractivity contribution in [3.63, 3.8) is 0 Å². The van der Waals surface area contributed by atoms with Crippen molar-refractivity contribution in [2.45, 2.75) is 6.92 Å². The van der Waals surface area contributed by atoms with Crippen molar-refractivity contribution in [2.24, 2.45) is 0 Å². The summed E-state index contributed by atoms with van der Waals surface area (Å²) in [5.41, 5.74) is 6.82. The van der Waals surface area contributed by atoms with E-state index in [0.29, 0.717) is 11.3 Å². The van der Waals surface area contributed by atoms with Crippen molar-refractivity contribution in [2.75, 3.05) is 12.8 Å². The largest absolute Gasteiger partial charge is 0.465 e. The van der Waals surface area contributed by atoms with Crippen LogP contribution in [0.2, 0.25) is 0 Å². The van der Waals surface area contributed by atoms with Crippen LogP contribution in [0.3, 0.4) is 0 Å². The van der Waals surface area contributed by atoms with Gasteiger partial charge in [-0.05, 0) is 36.8 Å². The average molecular weight is 275 g/mol. The summed E-state index contributed by atoms with van der Waals surface area (Å²) in [4.78, 5) is 11.5. The number of ether oxygens (including phenoxy) is 2. The van der Waals surface area contributed by atoms with Gasteiger partial charge in [0.15, 0.2) is 17.3 Å². The molecule has 0 aliphatic heterocycles. The van der Waals surface area contributed by atoms with Gasteiger partial charge in [0.25, 0.3) is 0 Å². The number of benzene rings is 2. The molecule has 2 rings (SSSR count). The van der Waals surface area contributed by atoms with E-state index in [4.69, 9.17) is 10.5 Å². The number of hydrogen-bond acceptors (Lipinski definition) is 4. The molecule has 2 N–H and O–H groups in total. The van der Waals surface area contributed by atoms with E-state index in [-0.39, 0.29) is 17.1 Å². The highest BCUT2D eigenvalue weighted by Gasteiger charge is 2.12. The summed E-state index contributed by atoms with van der Waals surface area (Å²) >= 11 is 0. The molecule has 0 unspecified atom stereocenters. The minimum atomic E-state index is -0.514. The molecule has 0 aliphatic rings. The highest BCUT2D eigenvalue weighted by molar-refractivity contribution is 5.90. The van der Waals surface area contributed by atoms with Crippen LogP contribution in [0.4, 0.5) is 10.1 Å². The van der Waals surface area contributed by atoms with Crippen molar-refractivity contribution < 1.29 is 18.7 Å². The Bertz CT molecular complexity index is 656. The van der Waals surface area contributed by atoms with Crippen LogP contribution in [0.15, 0.2) is 36.4 Å². The number of carbonyl (C=O) groups is 1. The zero-order valence-electron chi connectivity index (χ0n) is 11.1. The van der Waals surface area contributed by atoms with E-state index >= 15 is 0 Å². The molecule has 0 heterocycles. The number of nitrogens with two attached hydrogens (primary N) is 1. The molecule has 0 bridgehead atoms. The molecule has 4 nitrogen and oxygen atoms in total. The number of halogens is 1. The van der Waals surface area contributed by atoms with Crippen LogP contribution < -0.4 is 10.5 Å². The lowest BCUT2D eigenvalue weighted by Crippen LogP contribution is -2.03. The van der Waals surface area contributed by atoms with Gasteiger partial charge >= 0.3 is 5.97 Å². The first-order valence-electron chi connectivity index (χ1n) is 5.93. The van der Waals surface area contributed by atoms with Crippen molar-refractivity contribution in [3.8, 4) is 11.5 Å². The van der Waals surface area contributed by atoms with Gasteiger partial charge in [-0.2, -0.15) is 0 Å². The smallest absolute Gasteiger partial charge is 0.337 e. The Morgan fingerprint density at radius 1 is 1.20 bits per heavy atom. The van der Waals surface area contributed by atoms with Crippen molar-refractivity contribution in [3.05, 3.63) is 53.3 Å². The Morgan fingerprint density at radius 3 is 2.65 bits per heavy atom. The highest BCUT2D eigenvalue weighted by atomic mass is 19.1. The van der Waals surface area contributed by atoms with Gasteiger partial charge in [0.1, 0.15) is 0 Å². The summed E-state index contributed by atoms with van der Waals surface area (Å²) in [6.07, 6.45) is 0. The first-order valence-corrected chi connectivity index (χ1v) is 5.93. The number of carbonyl (C=O) groups excluding carboxylic acids is 1. The Balaban J connectivity index is 2.38. The van der Waals surface area contributed by atoms with Crippen LogP contribution in [0.1, 0.15) is 15.9 Å². The van der Waals surface area contributed by atoms with E-state index in [1.54, 1.807) is 19.1 Å². The lowest BCUT2D eigenvalue weighted by molar-refractivity contribution is 0.0600. The van der Waals surface area contributed by atoms with Crippen LogP contribution in [-0.4, -0.2) is 13.1 Å². The zero-order chi connectivity index (χ0) is 14.7. The summed E-state index contributed by atoms with van der Waals surface area (Å²) < 4.78 is 23.9. The normalized spacial score (nSPS) is 10.2. The molecule has 0 saturated heterocycles. The molecule has 2 aromatic carbocycles. The number of methoxy groups -OCH3 is 1. The fourth-order valence-electron chi connectivity index (χ4n) is 1.69. The van der Waals surface area contributed by atoms with E-state index in [9.17, 15) is 9.18 Å². The molecule has 0 aromatic heterocycles. The Labute approximate surface area is 115 Å². The maximum Gasteiger partial charge on any atom is 0.337 e. The molecule has 104 valence electrons. The first kappa shape index (κ1) is 13.9. The number of hydrogen-bond donors (Lipinski definition) is 1. The third kappa shape index (κ3) is 2.71. The minimum absolute atomic E-state index is 0.0544. The van der Waals surface area contributed by atoms with E-state index in [0.717, 1.165) is 0 Å². The van der Waals surface area contributed by atoms with E-state index in [1.165, 1.54) is 31.4 Å². The topological polar surface area (TPSA) is 61.5 Å². The monoisotopic (exact) mass is 275 g/mol. The molecule has 20 heavy (non-hydrogen) atoms. The van der Waals surface area contributed by atoms with Crippen LogP contribution in [-0.2, 0) is 4.74 Å². The van der Waals surface area contributed by atoms with Crippen molar-refractivity contribution >= 4 is 11.7 Å². The molecule has 0 saturated carbocycles. The Hall–Kier alpha value is -2.56. The van der Waals surface area contributed by atoms with Crippen LogP contribution in [0.25, 0.3) is 0 Å². The van der Waals surface area contributed by atoms with E-state index in [1.807, 2.05) is 0 Å². The van der Waals surface area contributed by atoms with Gasteiger partial charge in [0.2, 0.25) is 0 Å². The molecular weight excluding hydrogens is 261 g/mol. The lowest BCUT2D eigenvalue weighted by atomic mass is 10.2. The molecule has 5 heteroatoms. The van der Waals surface area contributed by atoms with Gasteiger partial charge in [-0.15, -0.1) is 0 Å². The van der Waals surface area contributed by atoms with Gasteiger partial charge < -0.3 is 15.2 Å². The predicted octanol–water partition coefficient (Wildman–Crippen LogP) is 3.30. The van der Waals surface area contributed by atoms with Crippen LogP contribution >= 0.6 is 0 Å². The number of esters is 1. The lowest BCUT2D eigenvalue weighted by Gasteiger charge is -2.11. The van der Waals surface area contributed by atoms with Crippen molar-refractivity contribution in [1.82, 2.24) is 0 Å². The van der Waals surface area contributed by atoms with Gasteiger partial charge in [0.05, 0.1) is 18.4 Å². The quantitative estimate of drug-likeness (QED) is 0.689. The summed E-state index contributed by atoms with van der Waals surface area (Å²) in [5, 5.41) is 0. The molecule has 0 spiro atoms. The number of aryl methyl sites for hydroxylation is 1. The third-order valence-electron chi connectivity index (χ3n) is 2.81. The SMILES string of the molecule is COC(=O)c1ccc(N)c(Oc2cccc(C)c2F)c1. The zero-order valence-corrected chi connectivity index (χ0v) is 11.1. The Morgan fingerprint density at radius 2 is 1.95 bits per heavy atom. The summed E-state index contributed by atoms with van der Waals surface area (Å²) in [6, 6.07) is 9.25. The maximum atomic E-state index is 13.9. The van der Waals surface area contributed by atoms with Gasteiger partial charge in [-0.3, -0.25) is 0 Å². The van der Waals surface area contributed by atoms with Crippen molar-refractivity contribution in [1.29, 1.82) is 0 Å². The van der Waals surface area contributed by atoms with Gasteiger partial charge in [0, 0.05) is 0 Å². The fourth-order valence-corrected chi connectivity index (χ4v) is 1.69. The second-order valence-corrected chi connectivity index (χ2v) is 4.23. The van der Waals surface area contributed by atoms with Gasteiger partial charge in [-0.25, -0.2) is 9.18 Å². The van der Waals surface area contributed by atoms with Crippen LogP contribution in [0.5, 0.6) is 11.5 Å². The first-order chi connectivity index (χ1) is 9.52. The predicted molar refractivity (Wildman–Crippen MR) is 73.4 cm³/mol. The minimum Gasteiger partial charge on any atom is -0.465 e. The summed E-state index contributed by atoms with van der Waals surface area (Å²) in [6.45, 7) is 1.64. The fraction of sp³-hybridized carbons (Fsp3) is 0.133. The maximum absolute atomic E-state index is 13.9. The van der Waals surface area contributed by atoms with Crippen LogP contribution in [0, 0.1) is 12.7 Å². The van der Waals surface area contributed by atoms with E-state index in [2.05, 4.69) is 4.74 Å². The number of rotatable bonds is 3. The second kappa shape index (κ2) is 5.61.